The van der Waals surface area contributed by atoms with Crippen LogP contribution in [0.5, 0.6) is 0 Å². The molecule has 2 aromatic carbocycles. The fourth-order valence-corrected chi connectivity index (χ4v) is 5.17. The normalized spacial score (nSPS) is 19.8. The fourth-order valence-electron chi connectivity index (χ4n) is 5.17. The van der Waals surface area contributed by atoms with Crippen LogP contribution in [0.15, 0.2) is 67.1 Å². The van der Waals surface area contributed by atoms with Gasteiger partial charge in [-0.2, -0.15) is 5.10 Å². The van der Waals surface area contributed by atoms with Gasteiger partial charge < -0.3 is 14.7 Å². The molecular weight excluding hydrogens is 443 g/mol. The molecule has 1 aliphatic heterocycles. The lowest BCUT2D eigenvalue weighted by Crippen LogP contribution is -2.53. The van der Waals surface area contributed by atoms with E-state index >= 15 is 0 Å². The molecule has 4 heterocycles. The number of aromatic amines is 2. The SMILES string of the molecule is CCOCC1(c2cnn(C)c2)N[C@@H](c2nc(-c3ccc(F)cc3)c[nH]2)Cc2c1[nH]c1ccccc21. The Balaban J connectivity index is 1.49. The zero-order valence-electron chi connectivity index (χ0n) is 19.7. The Kier molecular flexibility index (Phi) is 5.27. The molecule has 178 valence electrons. The first-order valence-corrected chi connectivity index (χ1v) is 11.8. The minimum absolute atomic E-state index is 0.100. The van der Waals surface area contributed by atoms with Crippen LogP contribution in [0.3, 0.4) is 0 Å². The number of imidazole rings is 1. The van der Waals surface area contributed by atoms with E-state index in [0.717, 1.165) is 40.3 Å². The van der Waals surface area contributed by atoms with Crippen LogP contribution in [0.4, 0.5) is 4.39 Å². The Morgan fingerprint density at radius 1 is 1.17 bits per heavy atom. The van der Waals surface area contributed by atoms with Crippen LogP contribution < -0.4 is 5.32 Å². The van der Waals surface area contributed by atoms with Crippen LogP contribution in [0.25, 0.3) is 22.2 Å². The van der Waals surface area contributed by atoms with Gasteiger partial charge in [-0.25, -0.2) is 9.37 Å². The lowest BCUT2D eigenvalue weighted by Gasteiger charge is -2.41. The highest BCUT2D eigenvalue weighted by Gasteiger charge is 2.45. The van der Waals surface area contributed by atoms with Crippen molar-refractivity contribution in [2.45, 2.75) is 24.9 Å². The summed E-state index contributed by atoms with van der Waals surface area (Å²) >= 11 is 0. The maximum Gasteiger partial charge on any atom is 0.124 e. The minimum Gasteiger partial charge on any atom is -0.379 e. The Morgan fingerprint density at radius 2 is 2.00 bits per heavy atom. The Labute approximate surface area is 202 Å². The predicted octanol–water partition coefficient (Wildman–Crippen LogP) is 4.60. The van der Waals surface area contributed by atoms with Crippen molar-refractivity contribution < 1.29 is 9.13 Å². The van der Waals surface area contributed by atoms with Gasteiger partial charge in [0.15, 0.2) is 0 Å². The van der Waals surface area contributed by atoms with E-state index in [2.05, 4.69) is 38.6 Å². The molecule has 1 unspecified atom stereocenters. The first kappa shape index (κ1) is 21.8. The number of aromatic nitrogens is 5. The molecule has 0 bridgehead atoms. The van der Waals surface area contributed by atoms with Crippen molar-refractivity contribution in [2.24, 2.45) is 7.05 Å². The molecule has 5 aromatic rings. The molecular formula is C27H27FN6O. The van der Waals surface area contributed by atoms with Crippen molar-refractivity contribution in [1.29, 1.82) is 0 Å². The predicted molar refractivity (Wildman–Crippen MR) is 132 cm³/mol. The maximum absolute atomic E-state index is 13.4. The van der Waals surface area contributed by atoms with Crippen molar-refractivity contribution in [3.63, 3.8) is 0 Å². The number of aryl methyl sites for hydroxylation is 1. The summed E-state index contributed by atoms with van der Waals surface area (Å²) in [5.41, 5.74) is 5.47. The smallest absolute Gasteiger partial charge is 0.124 e. The van der Waals surface area contributed by atoms with Crippen molar-refractivity contribution in [3.8, 4) is 11.3 Å². The zero-order chi connectivity index (χ0) is 24.0. The number of benzene rings is 2. The van der Waals surface area contributed by atoms with E-state index in [9.17, 15) is 4.39 Å². The summed E-state index contributed by atoms with van der Waals surface area (Å²) in [5, 5.41) is 9.55. The standard InChI is InChI=1S/C27H27FN6O/c1-3-35-16-27(18-13-30-34(2)15-18)25-21(20-6-4-5-7-22(20)31-25)12-23(33-27)26-29-14-24(32-26)17-8-10-19(28)11-9-17/h4-11,13-15,23,31,33H,3,12,16H2,1-2H3,(H,29,32)/t23-,27?/m1/s1. The third-order valence-corrected chi connectivity index (χ3v) is 6.86. The Morgan fingerprint density at radius 3 is 2.77 bits per heavy atom. The summed E-state index contributed by atoms with van der Waals surface area (Å²) in [6, 6.07) is 14.7. The summed E-state index contributed by atoms with van der Waals surface area (Å²) in [4.78, 5) is 12.0. The number of fused-ring (bicyclic) bond motifs is 3. The van der Waals surface area contributed by atoms with Crippen LogP contribution in [0.1, 0.15) is 35.6 Å². The molecule has 2 atom stereocenters. The van der Waals surface area contributed by atoms with E-state index in [1.54, 1.807) is 12.1 Å². The third-order valence-electron chi connectivity index (χ3n) is 6.86. The van der Waals surface area contributed by atoms with Crippen LogP contribution in [0.2, 0.25) is 0 Å². The second-order valence-electron chi connectivity index (χ2n) is 9.05. The van der Waals surface area contributed by atoms with Gasteiger partial charge in [-0.15, -0.1) is 0 Å². The Hall–Kier alpha value is -3.75. The van der Waals surface area contributed by atoms with E-state index in [1.807, 2.05) is 43.3 Å². The van der Waals surface area contributed by atoms with Crippen LogP contribution in [-0.4, -0.2) is 37.9 Å². The molecule has 6 rings (SSSR count). The first-order valence-electron chi connectivity index (χ1n) is 11.8. The number of ether oxygens (including phenoxy) is 1. The summed E-state index contributed by atoms with van der Waals surface area (Å²) in [6.07, 6.45) is 6.57. The van der Waals surface area contributed by atoms with Gasteiger partial charge in [0.05, 0.1) is 24.5 Å². The first-order chi connectivity index (χ1) is 17.1. The third kappa shape index (κ3) is 3.66. The topological polar surface area (TPSA) is 83.5 Å². The van der Waals surface area contributed by atoms with Crippen molar-refractivity contribution >= 4 is 10.9 Å². The quantitative estimate of drug-likeness (QED) is 0.339. The highest BCUT2D eigenvalue weighted by molar-refractivity contribution is 5.86. The number of halogens is 1. The van der Waals surface area contributed by atoms with E-state index in [1.165, 1.54) is 23.1 Å². The molecule has 0 amide bonds. The van der Waals surface area contributed by atoms with Gasteiger partial charge in [-0.05, 0) is 49.2 Å². The van der Waals surface area contributed by atoms with E-state index in [0.29, 0.717) is 13.2 Å². The van der Waals surface area contributed by atoms with Gasteiger partial charge in [0.25, 0.3) is 0 Å². The summed E-state index contributed by atoms with van der Waals surface area (Å²) in [6.45, 7) is 3.04. The number of nitrogens with zero attached hydrogens (tertiary/aromatic N) is 3. The van der Waals surface area contributed by atoms with Gasteiger partial charge >= 0.3 is 0 Å². The summed E-state index contributed by atoms with van der Waals surface area (Å²) in [5.74, 6) is 0.563. The lowest BCUT2D eigenvalue weighted by molar-refractivity contribution is 0.0795. The largest absolute Gasteiger partial charge is 0.379 e. The number of para-hydroxylation sites is 1. The average molecular weight is 471 g/mol. The maximum atomic E-state index is 13.4. The second kappa shape index (κ2) is 8.48. The monoisotopic (exact) mass is 470 g/mol. The molecule has 1 aliphatic rings. The number of rotatable bonds is 6. The molecule has 0 spiro atoms. The summed E-state index contributed by atoms with van der Waals surface area (Å²) < 4.78 is 21.3. The second-order valence-corrected chi connectivity index (χ2v) is 9.05. The van der Waals surface area contributed by atoms with Gasteiger partial charge in [-0.3, -0.25) is 10.00 Å². The molecule has 8 heteroatoms. The van der Waals surface area contributed by atoms with Gasteiger partial charge in [0.2, 0.25) is 0 Å². The number of H-pyrrole nitrogens is 2. The number of hydrogen-bond acceptors (Lipinski definition) is 4. The van der Waals surface area contributed by atoms with Gasteiger partial charge in [0.1, 0.15) is 17.2 Å². The van der Waals surface area contributed by atoms with E-state index in [4.69, 9.17) is 9.72 Å². The van der Waals surface area contributed by atoms with Gasteiger partial charge in [0, 0.05) is 53.8 Å². The van der Waals surface area contributed by atoms with Gasteiger partial charge in [-0.1, -0.05) is 18.2 Å². The van der Waals surface area contributed by atoms with Crippen molar-refractivity contribution in [1.82, 2.24) is 30.0 Å². The van der Waals surface area contributed by atoms with Crippen LogP contribution in [-0.2, 0) is 23.7 Å². The lowest BCUT2D eigenvalue weighted by atomic mass is 9.80. The minimum atomic E-state index is -0.635. The molecule has 3 aromatic heterocycles. The van der Waals surface area contributed by atoms with Crippen molar-refractivity contribution in [3.05, 3.63) is 95.6 Å². The van der Waals surface area contributed by atoms with Crippen molar-refractivity contribution in [2.75, 3.05) is 13.2 Å². The highest BCUT2D eigenvalue weighted by atomic mass is 19.1. The molecule has 7 nitrogen and oxygen atoms in total. The zero-order valence-corrected chi connectivity index (χ0v) is 19.7. The number of nitrogens with one attached hydrogen (secondary N) is 3. The molecule has 3 N–H and O–H groups in total. The molecule has 0 saturated heterocycles. The summed E-state index contributed by atoms with van der Waals surface area (Å²) in [7, 11) is 1.92. The Bertz CT molecular complexity index is 1480. The van der Waals surface area contributed by atoms with Crippen LogP contribution >= 0.6 is 0 Å². The number of hydrogen-bond donors (Lipinski definition) is 3. The molecule has 35 heavy (non-hydrogen) atoms. The van der Waals surface area contributed by atoms with E-state index < -0.39 is 5.54 Å². The molecule has 0 fully saturated rings. The molecule has 0 radical (unpaired) electrons. The highest BCUT2D eigenvalue weighted by Crippen LogP contribution is 2.43. The molecule has 0 saturated carbocycles. The van der Waals surface area contributed by atoms with E-state index in [-0.39, 0.29) is 11.9 Å². The molecule has 0 aliphatic carbocycles. The average Bonchev–Trinajstić information content (AvgIpc) is 3.62. The van der Waals surface area contributed by atoms with Crippen LogP contribution in [0, 0.1) is 5.82 Å². The fraction of sp³-hybridized carbons (Fsp3) is 0.259.